The molecular weight excluding hydrogens is 454 g/mol. The molecule has 0 bridgehead atoms. The summed E-state index contributed by atoms with van der Waals surface area (Å²) in [5, 5.41) is 0. The Labute approximate surface area is 192 Å². The SMILES string of the molecule is CCN(Cc1ccccc1)C(=O)COC(=O)C1CCN(S(=O)(=O)c2cc(F)ccc2F)CC1. The number of esters is 1. The first-order chi connectivity index (χ1) is 15.7. The van der Waals surface area contributed by atoms with E-state index in [1.165, 1.54) is 0 Å². The van der Waals surface area contributed by atoms with Gasteiger partial charge in [0.1, 0.15) is 16.5 Å². The Bertz CT molecular complexity index is 1090. The fourth-order valence-electron chi connectivity index (χ4n) is 3.67. The van der Waals surface area contributed by atoms with Crippen LogP contribution >= 0.6 is 0 Å². The van der Waals surface area contributed by atoms with Crippen LogP contribution in [0.2, 0.25) is 0 Å². The Morgan fingerprint density at radius 3 is 2.39 bits per heavy atom. The molecule has 0 N–H and O–H groups in total. The van der Waals surface area contributed by atoms with Crippen LogP contribution in [0.3, 0.4) is 0 Å². The molecule has 2 aromatic carbocycles. The van der Waals surface area contributed by atoms with Crippen molar-refractivity contribution in [2.24, 2.45) is 5.92 Å². The first-order valence-electron chi connectivity index (χ1n) is 10.7. The molecule has 1 aliphatic heterocycles. The zero-order valence-corrected chi connectivity index (χ0v) is 19.1. The van der Waals surface area contributed by atoms with Crippen molar-refractivity contribution < 1.29 is 31.5 Å². The zero-order chi connectivity index (χ0) is 24.0. The van der Waals surface area contributed by atoms with Gasteiger partial charge in [0.25, 0.3) is 5.91 Å². The zero-order valence-electron chi connectivity index (χ0n) is 18.2. The van der Waals surface area contributed by atoms with E-state index in [4.69, 9.17) is 4.74 Å². The number of carbonyl (C=O) groups excluding carboxylic acids is 2. The van der Waals surface area contributed by atoms with Crippen molar-refractivity contribution in [3.05, 3.63) is 65.7 Å². The van der Waals surface area contributed by atoms with E-state index < -0.39 is 45.0 Å². The molecule has 0 radical (unpaired) electrons. The van der Waals surface area contributed by atoms with Crippen molar-refractivity contribution in [1.82, 2.24) is 9.21 Å². The number of rotatable bonds is 8. The van der Waals surface area contributed by atoms with Gasteiger partial charge in [-0.15, -0.1) is 0 Å². The predicted octanol–water partition coefficient (Wildman–Crippen LogP) is 2.96. The maximum absolute atomic E-state index is 14.0. The molecule has 3 rings (SSSR count). The number of benzene rings is 2. The lowest BCUT2D eigenvalue weighted by Crippen LogP contribution is -2.41. The summed E-state index contributed by atoms with van der Waals surface area (Å²) in [7, 11) is -4.23. The highest BCUT2D eigenvalue weighted by Crippen LogP contribution is 2.26. The Balaban J connectivity index is 1.52. The van der Waals surface area contributed by atoms with Crippen molar-refractivity contribution >= 4 is 21.9 Å². The first-order valence-corrected chi connectivity index (χ1v) is 12.1. The maximum Gasteiger partial charge on any atom is 0.309 e. The minimum Gasteiger partial charge on any atom is -0.455 e. The molecule has 1 amide bonds. The summed E-state index contributed by atoms with van der Waals surface area (Å²) >= 11 is 0. The minimum absolute atomic E-state index is 0.0406. The third-order valence-corrected chi connectivity index (χ3v) is 7.50. The summed E-state index contributed by atoms with van der Waals surface area (Å²) < 4.78 is 58.9. The van der Waals surface area contributed by atoms with Crippen LogP contribution < -0.4 is 0 Å². The number of halogens is 2. The monoisotopic (exact) mass is 480 g/mol. The number of carbonyl (C=O) groups is 2. The number of ether oxygens (including phenoxy) is 1. The average molecular weight is 481 g/mol. The lowest BCUT2D eigenvalue weighted by atomic mass is 9.98. The van der Waals surface area contributed by atoms with Crippen molar-refractivity contribution in [2.45, 2.75) is 31.2 Å². The van der Waals surface area contributed by atoms with E-state index in [1.807, 2.05) is 37.3 Å². The van der Waals surface area contributed by atoms with Crippen LogP contribution in [-0.2, 0) is 30.9 Å². The fraction of sp³-hybridized carbons (Fsp3) is 0.391. The standard InChI is InChI=1S/C23H26F2N2O5S/c1-2-26(15-17-6-4-3-5-7-17)22(28)16-32-23(29)18-10-12-27(13-11-18)33(30,31)21-14-19(24)8-9-20(21)25/h3-9,14,18H,2,10-13,15-16H2,1H3. The number of amides is 1. The highest BCUT2D eigenvalue weighted by molar-refractivity contribution is 7.89. The molecule has 1 saturated heterocycles. The van der Waals surface area contributed by atoms with Crippen LogP contribution in [0.4, 0.5) is 8.78 Å². The Morgan fingerprint density at radius 1 is 1.09 bits per heavy atom. The maximum atomic E-state index is 14.0. The number of nitrogens with zero attached hydrogens (tertiary/aromatic N) is 2. The normalized spacial score (nSPS) is 15.2. The van der Waals surface area contributed by atoms with E-state index in [0.717, 1.165) is 22.0 Å². The minimum atomic E-state index is -4.23. The predicted molar refractivity (Wildman–Crippen MR) is 116 cm³/mol. The highest BCUT2D eigenvalue weighted by atomic mass is 32.2. The number of sulfonamides is 1. The van der Waals surface area contributed by atoms with Crippen LogP contribution in [0.5, 0.6) is 0 Å². The van der Waals surface area contributed by atoms with Crippen molar-refractivity contribution in [3.63, 3.8) is 0 Å². The summed E-state index contributed by atoms with van der Waals surface area (Å²) in [5.41, 5.74) is 0.961. The average Bonchev–Trinajstić information content (AvgIpc) is 2.83. The van der Waals surface area contributed by atoms with Gasteiger partial charge in [0.2, 0.25) is 10.0 Å². The molecule has 10 heteroatoms. The van der Waals surface area contributed by atoms with E-state index in [9.17, 15) is 26.8 Å². The second-order valence-corrected chi connectivity index (χ2v) is 9.66. The number of hydrogen-bond donors (Lipinski definition) is 0. The summed E-state index contributed by atoms with van der Waals surface area (Å²) in [5.74, 6) is -3.37. The number of likely N-dealkylation sites (N-methyl/N-ethyl adjacent to an activating group) is 1. The Morgan fingerprint density at radius 2 is 1.76 bits per heavy atom. The summed E-state index contributed by atoms with van der Waals surface area (Å²) in [4.78, 5) is 25.7. The summed E-state index contributed by atoms with van der Waals surface area (Å²) in [6.07, 6.45) is 0.315. The fourth-order valence-corrected chi connectivity index (χ4v) is 5.21. The molecule has 0 saturated carbocycles. The van der Waals surface area contributed by atoms with Gasteiger partial charge in [-0.1, -0.05) is 30.3 Å². The lowest BCUT2D eigenvalue weighted by molar-refractivity contribution is -0.156. The second kappa shape index (κ2) is 10.8. The van der Waals surface area contributed by atoms with E-state index in [2.05, 4.69) is 0 Å². The van der Waals surface area contributed by atoms with Gasteiger partial charge in [-0.25, -0.2) is 17.2 Å². The van der Waals surface area contributed by atoms with Crippen LogP contribution in [-0.4, -0.2) is 55.7 Å². The molecule has 2 aromatic rings. The van der Waals surface area contributed by atoms with Crippen LogP contribution in [0.15, 0.2) is 53.4 Å². The topological polar surface area (TPSA) is 84.0 Å². The third kappa shape index (κ3) is 6.14. The van der Waals surface area contributed by atoms with Crippen molar-refractivity contribution in [1.29, 1.82) is 0 Å². The van der Waals surface area contributed by atoms with Gasteiger partial charge in [0.05, 0.1) is 5.92 Å². The molecule has 1 fully saturated rings. The van der Waals surface area contributed by atoms with E-state index in [0.29, 0.717) is 19.2 Å². The molecule has 7 nitrogen and oxygen atoms in total. The second-order valence-electron chi connectivity index (χ2n) is 7.75. The quantitative estimate of drug-likeness (QED) is 0.543. The van der Waals surface area contributed by atoms with E-state index in [1.54, 1.807) is 4.90 Å². The molecule has 0 aliphatic carbocycles. The van der Waals surface area contributed by atoms with Crippen molar-refractivity contribution in [3.8, 4) is 0 Å². The van der Waals surface area contributed by atoms with Gasteiger partial charge in [-0.3, -0.25) is 9.59 Å². The van der Waals surface area contributed by atoms with Gasteiger partial charge in [-0.05, 0) is 43.5 Å². The smallest absolute Gasteiger partial charge is 0.309 e. The molecule has 178 valence electrons. The molecule has 1 heterocycles. The van der Waals surface area contributed by atoms with Gasteiger partial charge < -0.3 is 9.64 Å². The molecule has 0 aromatic heterocycles. The molecule has 33 heavy (non-hydrogen) atoms. The number of hydrogen-bond acceptors (Lipinski definition) is 5. The van der Waals surface area contributed by atoms with Crippen LogP contribution in [0.25, 0.3) is 0 Å². The van der Waals surface area contributed by atoms with E-state index >= 15 is 0 Å². The molecule has 1 aliphatic rings. The third-order valence-electron chi connectivity index (χ3n) is 5.59. The van der Waals surface area contributed by atoms with E-state index in [-0.39, 0.29) is 31.8 Å². The van der Waals surface area contributed by atoms with Gasteiger partial charge in [0, 0.05) is 26.2 Å². The number of piperidine rings is 1. The lowest BCUT2D eigenvalue weighted by Gasteiger charge is -2.30. The Hall–Kier alpha value is -2.85. The Kier molecular flexibility index (Phi) is 8.15. The largest absolute Gasteiger partial charge is 0.455 e. The summed E-state index contributed by atoms with van der Waals surface area (Å²) in [6.45, 7) is 2.22. The van der Waals surface area contributed by atoms with Gasteiger partial charge in [0.15, 0.2) is 6.61 Å². The van der Waals surface area contributed by atoms with Gasteiger partial charge in [-0.2, -0.15) is 4.31 Å². The molecule has 0 atom stereocenters. The van der Waals surface area contributed by atoms with Crippen molar-refractivity contribution in [2.75, 3.05) is 26.2 Å². The van der Waals surface area contributed by atoms with Gasteiger partial charge >= 0.3 is 5.97 Å². The molecule has 0 spiro atoms. The molecular formula is C23H26F2N2O5S. The summed E-state index contributed by atoms with van der Waals surface area (Å²) in [6, 6.07) is 11.7. The highest BCUT2D eigenvalue weighted by Gasteiger charge is 2.34. The first kappa shape index (κ1) is 24.8. The van der Waals surface area contributed by atoms with Crippen LogP contribution in [0.1, 0.15) is 25.3 Å². The van der Waals surface area contributed by atoms with Crippen LogP contribution in [0, 0.1) is 17.6 Å². The molecule has 0 unspecified atom stereocenters.